The second-order valence-corrected chi connectivity index (χ2v) is 9.57. The van der Waals surface area contributed by atoms with Crippen molar-refractivity contribution in [3.8, 4) is 45.3 Å². The largest absolute Gasteiger partial charge is 0.488 e. The van der Waals surface area contributed by atoms with Gasteiger partial charge in [0, 0.05) is 22.1 Å². The maximum absolute atomic E-state index is 9.50. The third-order valence-electron chi connectivity index (χ3n) is 6.98. The highest BCUT2D eigenvalue weighted by atomic mass is 16.4. The van der Waals surface area contributed by atoms with Crippen LogP contribution >= 0.6 is 0 Å². The van der Waals surface area contributed by atoms with E-state index >= 15 is 0 Å². The highest BCUT2D eigenvalue weighted by Gasteiger charge is 2.37. The van der Waals surface area contributed by atoms with Crippen LogP contribution in [0.25, 0.3) is 45.3 Å². The maximum Gasteiger partial charge on any atom is 0.488 e. The molecule has 0 bridgehead atoms. The summed E-state index contributed by atoms with van der Waals surface area (Å²) >= 11 is 0. The first-order valence-electron chi connectivity index (χ1n) is 12.0. The van der Waals surface area contributed by atoms with Gasteiger partial charge in [-0.05, 0) is 27.7 Å². The average molecular weight is 469 g/mol. The van der Waals surface area contributed by atoms with Crippen molar-refractivity contribution in [3.05, 3.63) is 108 Å². The summed E-state index contributed by atoms with van der Waals surface area (Å²) in [5, 5.41) is 19.0. The molecular formula is C30H24BN3O2. The number of fused-ring (bicyclic) bond motifs is 3. The summed E-state index contributed by atoms with van der Waals surface area (Å²) in [5.41, 5.74) is 7.84. The molecule has 5 aromatic rings. The minimum Gasteiger partial charge on any atom is -0.423 e. The zero-order valence-electron chi connectivity index (χ0n) is 20.1. The number of rotatable bonds is 4. The fraction of sp³-hybridized carbons (Fsp3) is 0.100. The summed E-state index contributed by atoms with van der Waals surface area (Å²) in [4.78, 5) is 14.7. The van der Waals surface area contributed by atoms with Crippen molar-refractivity contribution < 1.29 is 10.0 Å². The van der Waals surface area contributed by atoms with Crippen LogP contribution < -0.4 is 5.46 Å². The summed E-state index contributed by atoms with van der Waals surface area (Å²) in [6, 6.07) is 31.7. The molecule has 0 atom stereocenters. The third-order valence-corrected chi connectivity index (χ3v) is 6.98. The first kappa shape index (κ1) is 22.3. The first-order valence-corrected chi connectivity index (χ1v) is 12.0. The van der Waals surface area contributed by atoms with Gasteiger partial charge >= 0.3 is 7.12 Å². The summed E-state index contributed by atoms with van der Waals surface area (Å²) in [6.07, 6.45) is 0. The lowest BCUT2D eigenvalue weighted by Crippen LogP contribution is -2.29. The number of benzene rings is 4. The predicted molar refractivity (Wildman–Crippen MR) is 144 cm³/mol. The molecule has 174 valence electrons. The molecule has 0 radical (unpaired) electrons. The number of hydrogen-bond donors (Lipinski definition) is 2. The summed E-state index contributed by atoms with van der Waals surface area (Å²) in [5.74, 6) is 1.72. The van der Waals surface area contributed by atoms with Crippen molar-refractivity contribution in [3.63, 3.8) is 0 Å². The average Bonchev–Trinajstić information content (AvgIpc) is 3.16. The molecular weight excluding hydrogens is 445 g/mol. The van der Waals surface area contributed by atoms with Crippen LogP contribution in [0.1, 0.15) is 25.0 Å². The van der Waals surface area contributed by atoms with Gasteiger partial charge in [-0.25, -0.2) is 15.0 Å². The molecule has 36 heavy (non-hydrogen) atoms. The Morgan fingerprint density at radius 1 is 0.556 bits per heavy atom. The van der Waals surface area contributed by atoms with E-state index in [0.29, 0.717) is 22.9 Å². The zero-order valence-corrected chi connectivity index (χ0v) is 20.1. The van der Waals surface area contributed by atoms with Crippen molar-refractivity contribution >= 4 is 12.6 Å². The number of aromatic nitrogens is 3. The lowest BCUT2D eigenvalue weighted by atomic mass is 9.80. The van der Waals surface area contributed by atoms with Gasteiger partial charge in [-0.1, -0.05) is 111 Å². The Hall–Kier alpha value is -4.13. The first-order chi connectivity index (χ1) is 17.4. The second kappa shape index (κ2) is 8.52. The molecule has 1 aromatic heterocycles. The van der Waals surface area contributed by atoms with Gasteiger partial charge in [0.15, 0.2) is 17.5 Å². The van der Waals surface area contributed by atoms with Crippen LogP contribution in [-0.4, -0.2) is 32.1 Å². The Balaban J connectivity index is 1.59. The molecule has 1 aliphatic rings. The zero-order chi connectivity index (χ0) is 24.9. The number of nitrogens with zero attached hydrogens (tertiary/aromatic N) is 3. The van der Waals surface area contributed by atoms with E-state index in [0.717, 1.165) is 22.3 Å². The highest BCUT2D eigenvalue weighted by Crippen LogP contribution is 2.51. The Morgan fingerprint density at radius 3 is 1.81 bits per heavy atom. The standard InChI is InChI=1S/C30H24BN3O2/c1-30(2)24-13-7-6-11-22(24)26-23(12-8-14-25(26)30)29-33-27(19-9-4-3-5-10-19)32-28(34-29)20-15-17-21(18-16-20)31(35)36/h3-18,35-36H,1-2H3. The molecule has 0 aliphatic heterocycles. The van der Waals surface area contributed by atoms with Crippen molar-refractivity contribution in [2.75, 3.05) is 0 Å². The van der Waals surface area contributed by atoms with Crippen LogP contribution in [0.3, 0.4) is 0 Å². The van der Waals surface area contributed by atoms with Gasteiger partial charge in [-0.2, -0.15) is 0 Å². The van der Waals surface area contributed by atoms with E-state index in [1.807, 2.05) is 30.3 Å². The van der Waals surface area contributed by atoms with Crippen LogP contribution in [0.4, 0.5) is 0 Å². The molecule has 0 saturated heterocycles. The van der Waals surface area contributed by atoms with Crippen molar-refractivity contribution in [1.82, 2.24) is 15.0 Å². The Morgan fingerprint density at radius 2 is 1.11 bits per heavy atom. The third kappa shape index (κ3) is 3.63. The highest BCUT2D eigenvalue weighted by molar-refractivity contribution is 6.58. The molecule has 4 aromatic carbocycles. The fourth-order valence-electron chi connectivity index (χ4n) is 5.09. The Labute approximate surface area is 210 Å². The minimum atomic E-state index is -1.52. The quantitative estimate of drug-likeness (QED) is 0.368. The molecule has 0 spiro atoms. The van der Waals surface area contributed by atoms with Gasteiger partial charge in [0.2, 0.25) is 0 Å². The van der Waals surface area contributed by atoms with Crippen molar-refractivity contribution in [2.45, 2.75) is 19.3 Å². The fourth-order valence-corrected chi connectivity index (χ4v) is 5.09. The van der Waals surface area contributed by atoms with Gasteiger partial charge < -0.3 is 10.0 Å². The maximum atomic E-state index is 9.50. The van der Waals surface area contributed by atoms with Gasteiger partial charge in [0.25, 0.3) is 0 Å². The smallest absolute Gasteiger partial charge is 0.423 e. The molecule has 0 unspecified atom stereocenters. The van der Waals surface area contributed by atoms with Crippen LogP contribution in [0, 0.1) is 0 Å². The van der Waals surface area contributed by atoms with E-state index in [-0.39, 0.29) is 5.41 Å². The van der Waals surface area contributed by atoms with Crippen LogP contribution in [0.15, 0.2) is 97.1 Å². The monoisotopic (exact) mass is 469 g/mol. The molecule has 0 saturated carbocycles. The minimum absolute atomic E-state index is 0.124. The van der Waals surface area contributed by atoms with Crippen molar-refractivity contribution in [1.29, 1.82) is 0 Å². The van der Waals surface area contributed by atoms with E-state index in [9.17, 15) is 10.0 Å². The van der Waals surface area contributed by atoms with E-state index in [2.05, 4.69) is 56.3 Å². The van der Waals surface area contributed by atoms with Crippen LogP contribution in [0.2, 0.25) is 0 Å². The Bertz CT molecular complexity index is 1580. The van der Waals surface area contributed by atoms with Crippen molar-refractivity contribution in [2.24, 2.45) is 0 Å². The molecule has 5 nitrogen and oxygen atoms in total. The molecule has 6 rings (SSSR count). The lowest BCUT2D eigenvalue weighted by molar-refractivity contribution is 0.426. The topological polar surface area (TPSA) is 79.1 Å². The van der Waals surface area contributed by atoms with Gasteiger partial charge in [-0.3, -0.25) is 0 Å². The lowest BCUT2D eigenvalue weighted by Gasteiger charge is -2.21. The normalized spacial score (nSPS) is 13.2. The molecule has 1 heterocycles. The molecule has 0 fully saturated rings. The van der Waals surface area contributed by atoms with Crippen LogP contribution in [-0.2, 0) is 5.41 Å². The van der Waals surface area contributed by atoms with E-state index in [1.54, 1.807) is 24.3 Å². The summed E-state index contributed by atoms with van der Waals surface area (Å²) < 4.78 is 0. The predicted octanol–water partition coefficient (Wildman–Crippen LogP) is 4.86. The summed E-state index contributed by atoms with van der Waals surface area (Å²) in [7, 11) is -1.52. The number of hydrogen-bond acceptors (Lipinski definition) is 5. The molecule has 6 heteroatoms. The molecule has 0 amide bonds. The van der Waals surface area contributed by atoms with Gasteiger partial charge in [0.05, 0.1) is 0 Å². The van der Waals surface area contributed by atoms with Crippen LogP contribution in [0.5, 0.6) is 0 Å². The van der Waals surface area contributed by atoms with Gasteiger partial charge in [0.1, 0.15) is 0 Å². The second-order valence-electron chi connectivity index (χ2n) is 9.57. The van der Waals surface area contributed by atoms with E-state index in [1.165, 1.54) is 16.7 Å². The molecule has 2 N–H and O–H groups in total. The SMILES string of the molecule is CC1(C)c2ccccc2-c2c(-c3nc(-c4ccccc4)nc(-c4ccc(B(O)O)cc4)n3)cccc21. The summed E-state index contributed by atoms with van der Waals surface area (Å²) in [6.45, 7) is 4.51. The molecule has 1 aliphatic carbocycles. The van der Waals surface area contributed by atoms with E-state index in [4.69, 9.17) is 15.0 Å². The Kier molecular flexibility index (Phi) is 5.29. The van der Waals surface area contributed by atoms with Gasteiger partial charge in [-0.15, -0.1) is 0 Å². The van der Waals surface area contributed by atoms with E-state index < -0.39 is 7.12 Å².